The molecule has 3 rings (SSSR count). The Morgan fingerprint density at radius 3 is 2.85 bits per heavy atom. The number of rotatable bonds is 3. The number of para-hydroxylation sites is 1. The molecular formula is C17H18FNO. The van der Waals surface area contributed by atoms with E-state index in [2.05, 4.69) is 17.4 Å². The highest BCUT2D eigenvalue weighted by Gasteiger charge is 2.21. The maximum absolute atomic E-state index is 13.5. The zero-order chi connectivity index (χ0) is 13.9. The summed E-state index contributed by atoms with van der Waals surface area (Å²) in [6.45, 7) is 0.754. The summed E-state index contributed by atoms with van der Waals surface area (Å²) in [7, 11) is 1.89. The van der Waals surface area contributed by atoms with Crippen LogP contribution in [0, 0.1) is 5.82 Å². The molecule has 0 spiro atoms. The third kappa shape index (κ3) is 2.41. The SMILES string of the molecule is CNC(c1cccc(F)c1)c1cccc2c1OCCC2. The Morgan fingerprint density at radius 2 is 2.05 bits per heavy atom. The molecule has 104 valence electrons. The molecule has 2 nitrogen and oxygen atoms in total. The number of aryl methyl sites for hydroxylation is 1. The number of hydrogen-bond donors (Lipinski definition) is 1. The van der Waals surface area contributed by atoms with Crippen LogP contribution in [-0.4, -0.2) is 13.7 Å². The van der Waals surface area contributed by atoms with Gasteiger partial charge in [0.15, 0.2) is 0 Å². The molecule has 0 saturated carbocycles. The van der Waals surface area contributed by atoms with Gasteiger partial charge in [-0.15, -0.1) is 0 Å². The van der Waals surface area contributed by atoms with E-state index in [9.17, 15) is 4.39 Å². The Morgan fingerprint density at radius 1 is 1.20 bits per heavy atom. The summed E-state index contributed by atoms with van der Waals surface area (Å²) in [6.07, 6.45) is 2.10. The third-order valence-electron chi connectivity index (χ3n) is 3.75. The van der Waals surface area contributed by atoms with Crippen molar-refractivity contribution in [2.24, 2.45) is 0 Å². The van der Waals surface area contributed by atoms with Crippen molar-refractivity contribution in [3.05, 3.63) is 65.0 Å². The van der Waals surface area contributed by atoms with Crippen molar-refractivity contribution in [3.8, 4) is 5.75 Å². The summed E-state index contributed by atoms with van der Waals surface area (Å²) < 4.78 is 19.3. The maximum atomic E-state index is 13.5. The first-order valence-electron chi connectivity index (χ1n) is 6.97. The summed E-state index contributed by atoms with van der Waals surface area (Å²) in [5.41, 5.74) is 3.23. The molecule has 1 atom stereocenters. The quantitative estimate of drug-likeness (QED) is 0.923. The van der Waals surface area contributed by atoms with Gasteiger partial charge in [-0.05, 0) is 43.1 Å². The molecule has 0 fully saturated rings. The molecule has 1 unspecified atom stereocenters. The molecule has 1 N–H and O–H groups in total. The zero-order valence-corrected chi connectivity index (χ0v) is 11.5. The van der Waals surface area contributed by atoms with Crippen molar-refractivity contribution < 1.29 is 9.13 Å². The van der Waals surface area contributed by atoms with Gasteiger partial charge in [0.05, 0.1) is 12.6 Å². The van der Waals surface area contributed by atoms with Gasteiger partial charge in [-0.3, -0.25) is 0 Å². The van der Waals surface area contributed by atoms with Crippen molar-refractivity contribution in [1.82, 2.24) is 5.32 Å². The van der Waals surface area contributed by atoms with Gasteiger partial charge in [-0.1, -0.05) is 30.3 Å². The Bertz CT molecular complexity index is 612. The van der Waals surface area contributed by atoms with Crippen LogP contribution in [0.3, 0.4) is 0 Å². The van der Waals surface area contributed by atoms with E-state index in [4.69, 9.17) is 4.74 Å². The standard InChI is InChI=1S/C17H18FNO/c1-19-16(13-6-2-8-14(18)11-13)15-9-3-5-12-7-4-10-20-17(12)15/h2-3,5-6,8-9,11,16,19H,4,7,10H2,1H3. The van der Waals surface area contributed by atoms with Crippen LogP contribution in [0.25, 0.3) is 0 Å². The van der Waals surface area contributed by atoms with Crippen LogP contribution in [0.5, 0.6) is 5.75 Å². The van der Waals surface area contributed by atoms with Gasteiger partial charge in [0.25, 0.3) is 0 Å². The number of ether oxygens (including phenoxy) is 1. The fourth-order valence-corrected chi connectivity index (χ4v) is 2.83. The molecule has 0 aliphatic carbocycles. The Kier molecular flexibility index (Phi) is 3.70. The normalized spacial score (nSPS) is 15.3. The third-order valence-corrected chi connectivity index (χ3v) is 3.75. The minimum absolute atomic E-state index is 0.0567. The number of benzene rings is 2. The number of nitrogens with one attached hydrogen (secondary N) is 1. The predicted molar refractivity (Wildman–Crippen MR) is 77.6 cm³/mol. The monoisotopic (exact) mass is 271 g/mol. The van der Waals surface area contributed by atoms with E-state index in [-0.39, 0.29) is 11.9 Å². The van der Waals surface area contributed by atoms with E-state index >= 15 is 0 Å². The Hall–Kier alpha value is -1.87. The van der Waals surface area contributed by atoms with Gasteiger partial charge in [0.1, 0.15) is 11.6 Å². The fourth-order valence-electron chi connectivity index (χ4n) is 2.83. The topological polar surface area (TPSA) is 21.3 Å². The van der Waals surface area contributed by atoms with E-state index in [1.165, 1.54) is 11.6 Å². The van der Waals surface area contributed by atoms with E-state index in [1.807, 2.05) is 19.2 Å². The number of hydrogen-bond acceptors (Lipinski definition) is 2. The molecule has 0 radical (unpaired) electrons. The van der Waals surface area contributed by atoms with Crippen LogP contribution in [0.15, 0.2) is 42.5 Å². The molecule has 0 bridgehead atoms. The average molecular weight is 271 g/mol. The highest BCUT2D eigenvalue weighted by Crippen LogP contribution is 2.35. The molecule has 3 heteroatoms. The molecular weight excluding hydrogens is 253 g/mol. The van der Waals surface area contributed by atoms with E-state index in [1.54, 1.807) is 12.1 Å². The van der Waals surface area contributed by atoms with Gasteiger partial charge < -0.3 is 10.1 Å². The minimum atomic E-state index is -0.214. The van der Waals surface area contributed by atoms with Crippen LogP contribution < -0.4 is 10.1 Å². The second-order valence-corrected chi connectivity index (χ2v) is 5.06. The molecule has 0 amide bonds. The van der Waals surface area contributed by atoms with Crippen LogP contribution >= 0.6 is 0 Å². The maximum Gasteiger partial charge on any atom is 0.127 e. The molecule has 1 aliphatic heterocycles. The summed E-state index contributed by atoms with van der Waals surface area (Å²) in [4.78, 5) is 0. The van der Waals surface area contributed by atoms with Crippen molar-refractivity contribution in [2.75, 3.05) is 13.7 Å². The number of halogens is 1. The van der Waals surface area contributed by atoms with E-state index < -0.39 is 0 Å². The molecule has 1 aliphatic rings. The molecule has 1 heterocycles. The highest BCUT2D eigenvalue weighted by atomic mass is 19.1. The lowest BCUT2D eigenvalue weighted by Gasteiger charge is -2.25. The van der Waals surface area contributed by atoms with Crippen LogP contribution in [0.4, 0.5) is 4.39 Å². The summed E-state index contributed by atoms with van der Waals surface area (Å²) >= 11 is 0. The first-order valence-corrected chi connectivity index (χ1v) is 6.97. The van der Waals surface area contributed by atoms with Gasteiger partial charge >= 0.3 is 0 Å². The van der Waals surface area contributed by atoms with Crippen molar-refractivity contribution in [2.45, 2.75) is 18.9 Å². The van der Waals surface area contributed by atoms with Crippen molar-refractivity contribution >= 4 is 0 Å². The summed E-state index contributed by atoms with van der Waals surface area (Å²) in [5.74, 6) is 0.746. The van der Waals surface area contributed by atoms with Gasteiger partial charge in [-0.25, -0.2) is 4.39 Å². The molecule has 20 heavy (non-hydrogen) atoms. The first kappa shape index (κ1) is 13.1. The highest BCUT2D eigenvalue weighted by molar-refractivity contribution is 5.47. The smallest absolute Gasteiger partial charge is 0.127 e. The largest absolute Gasteiger partial charge is 0.493 e. The van der Waals surface area contributed by atoms with Crippen molar-refractivity contribution in [1.29, 1.82) is 0 Å². The van der Waals surface area contributed by atoms with Crippen LogP contribution in [0.2, 0.25) is 0 Å². The lowest BCUT2D eigenvalue weighted by Crippen LogP contribution is -2.20. The van der Waals surface area contributed by atoms with Crippen LogP contribution in [-0.2, 0) is 6.42 Å². The average Bonchev–Trinajstić information content (AvgIpc) is 2.48. The molecule has 0 aromatic heterocycles. The molecule has 2 aromatic carbocycles. The second-order valence-electron chi connectivity index (χ2n) is 5.06. The zero-order valence-electron chi connectivity index (χ0n) is 11.5. The number of fused-ring (bicyclic) bond motifs is 1. The Balaban J connectivity index is 2.06. The van der Waals surface area contributed by atoms with Gasteiger partial charge in [0.2, 0.25) is 0 Å². The minimum Gasteiger partial charge on any atom is -0.493 e. The van der Waals surface area contributed by atoms with E-state index in [0.717, 1.165) is 36.3 Å². The Labute approximate surface area is 118 Å². The summed E-state index contributed by atoms with van der Waals surface area (Å²) in [5, 5.41) is 3.27. The molecule has 2 aromatic rings. The first-order chi connectivity index (χ1) is 9.79. The lowest BCUT2D eigenvalue weighted by atomic mass is 9.94. The second kappa shape index (κ2) is 5.63. The summed E-state index contributed by atoms with van der Waals surface area (Å²) in [6, 6.07) is 12.9. The van der Waals surface area contributed by atoms with Gasteiger partial charge in [-0.2, -0.15) is 0 Å². The fraction of sp³-hybridized carbons (Fsp3) is 0.294. The van der Waals surface area contributed by atoms with Crippen LogP contribution in [0.1, 0.15) is 29.2 Å². The lowest BCUT2D eigenvalue weighted by molar-refractivity contribution is 0.283. The van der Waals surface area contributed by atoms with Gasteiger partial charge in [0, 0.05) is 5.56 Å². The van der Waals surface area contributed by atoms with Crippen molar-refractivity contribution in [3.63, 3.8) is 0 Å². The molecule has 0 saturated heterocycles. The predicted octanol–water partition coefficient (Wildman–Crippen LogP) is 3.46. The van der Waals surface area contributed by atoms with E-state index in [0.29, 0.717) is 0 Å².